The van der Waals surface area contributed by atoms with E-state index in [9.17, 15) is 9.59 Å². The average molecular weight is 374 g/mol. The first-order valence-corrected chi connectivity index (χ1v) is 9.33. The summed E-state index contributed by atoms with van der Waals surface area (Å²) in [5.41, 5.74) is 8.13. The Morgan fingerprint density at radius 1 is 1.30 bits per heavy atom. The zero-order valence-electron chi connectivity index (χ0n) is 16.0. The summed E-state index contributed by atoms with van der Waals surface area (Å²) in [6, 6.07) is 0.205. The number of carbonyl (C=O) groups is 2. The Balaban J connectivity index is 1.57. The Labute approximate surface area is 157 Å². The fraction of sp³-hybridized carbons (Fsp3) is 0.611. The highest BCUT2D eigenvalue weighted by molar-refractivity contribution is 5.83. The van der Waals surface area contributed by atoms with Crippen molar-refractivity contribution in [1.29, 1.82) is 0 Å². The number of aromatic nitrogens is 4. The molecule has 1 amide bonds. The topological polar surface area (TPSA) is 124 Å². The second-order valence-electron chi connectivity index (χ2n) is 7.07. The molecule has 9 nitrogen and oxygen atoms in total. The fourth-order valence-corrected chi connectivity index (χ4v) is 3.51. The van der Waals surface area contributed by atoms with Gasteiger partial charge in [0, 0.05) is 23.9 Å². The van der Waals surface area contributed by atoms with Crippen molar-refractivity contribution in [2.45, 2.75) is 71.4 Å². The van der Waals surface area contributed by atoms with E-state index in [1.165, 1.54) is 0 Å². The van der Waals surface area contributed by atoms with E-state index in [2.05, 4.69) is 20.4 Å². The molecular formula is C18H26N6O3. The molecule has 0 spiro atoms. The summed E-state index contributed by atoms with van der Waals surface area (Å²) in [6.45, 7) is 5.34. The predicted octanol–water partition coefficient (Wildman–Crippen LogP) is 1.25. The van der Waals surface area contributed by atoms with Gasteiger partial charge >= 0.3 is 5.97 Å². The molecule has 1 fully saturated rings. The van der Waals surface area contributed by atoms with Crippen LogP contribution in [0.4, 0.5) is 5.95 Å². The van der Waals surface area contributed by atoms with E-state index in [4.69, 9.17) is 10.5 Å². The highest BCUT2D eigenvalue weighted by Crippen LogP contribution is 2.18. The van der Waals surface area contributed by atoms with Crippen LogP contribution in [0, 0.1) is 13.8 Å². The Bertz CT molecular complexity index is 856. The van der Waals surface area contributed by atoms with E-state index < -0.39 is 12.1 Å². The molecule has 1 unspecified atom stereocenters. The number of aryl methyl sites for hydroxylation is 2. The first-order chi connectivity index (χ1) is 12.8. The SMILES string of the molecule is Cc1nc2nc(N)nn2c(C)c1CCC(=O)OC(C)C(=O)NC1CCCC1. The summed E-state index contributed by atoms with van der Waals surface area (Å²) in [6.07, 6.45) is 4.05. The number of nitrogens with one attached hydrogen (secondary N) is 1. The normalized spacial score (nSPS) is 15.8. The Kier molecular flexibility index (Phi) is 5.57. The van der Waals surface area contributed by atoms with Gasteiger partial charge in [0.15, 0.2) is 6.10 Å². The van der Waals surface area contributed by atoms with Crippen molar-refractivity contribution >= 4 is 23.6 Å². The van der Waals surface area contributed by atoms with E-state index in [1.807, 2.05) is 13.8 Å². The van der Waals surface area contributed by atoms with Crippen molar-refractivity contribution in [3.8, 4) is 0 Å². The van der Waals surface area contributed by atoms with Gasteiger partial charge in [0.2, 0.25) is 5.95 Å². The minimum Gasteiger partial charge on any atom is -0.453 e. The van der Waals surface area contributed by atoms with Gasteiger partial charge in [-0.15, -0.1) is 5.10 Å². The molecule has 27 heavy (non-hydrogen) atoms. The summed E-state index contributed by atoms with van der Waals surface area (Å²) in [4.78, 5) is 32.7. The number of hydrogen-bond acceptors (Lipinski definition) is 7. The van der Waals surface area contributed by atoms with Crippen molar-refractivity contribution in [1.82, 2.24) is 24.9 Å². The maximum atomic E-state index is 12.2. The number of nitrogens with two attached hydrogens (primary N) is 1. The highest BCUT2D eigenvalue weighted by atomic mass is 16.5. The van der Waals surface area contributed by atoms with Crippen LogP contribution in [-0.2, 0) is 20.7 Å². The summed E-state index contributed by atoms with van der Waals surface area (Å²) in [5, 5.41) is 7.06. The maximum absolute atomic E-state index is 12.2. The lowest BCUT2D eigenvalue weighted by molar-refractivity contribution is -0.155. The van der Waals surface area contributed by atoms with Gasteiger partial charge < -0.3 is 15.8 Å². The summed E-state index contributed by atoms with van der Waals surface area (Å²) < 4.78 is 6.86. The number of nitrogen functional groups attached to an aromatic ring is 1. The Morgan fingerprint density at radius 3 is 2.70 bits per heavy atom. The van der Waals surface area contributed by atoms with Gasteiger partial charge in [-0.2, -0.15) is 9.50 Å². The van der Waals surface area contributed by atoms with Crippen LogP contribution in [0.15, 0.2) is 0 Å². The second-order valence-corrected chi connectivity index (χ2v) is 7.07. The quantitative estimate of drug-likeness (QED) is 0.729. The minimum absolute atomic E-state index is 0.153. The van der Waals surface area contributed by atoms with Crippen LogP contribution in [0.3, 0.4) is 0 Å². The number of fused-ring (bicyclic) bond motifs is 1. The molecule has 0 bridgehead atoms. The van der Waals surface area contributed by atoms with Gasteiger partial charge in [-0.3, -0.25) is 9.59 Å². The van der Waals surface area contributed by atoms with E-state index in [1.54, 1.807) is 11.4 Å². The third-order valence-corrected chi connectivity index (χ3v) is 5.02. The van der Waals surface area contributed by atoms with Gasteiger partial charge in [-0.05, 0) is 45.6 Å². The smallest absolute Gasteiger partial charge is 0.306 e. The Morgan fingerprint density at radius 2 is 2.00 bits per heavy atom. The number of amides is 1. The molecule has 2 aromatic rings. The van der Waals surface area contributed by atoms with E-state index in [-0.39, 0.29) is 24.3 Å². The molecule has 3 N–H and O–H groups in total. The third-order valence-electron chi connectivity index (χ3n) is 5.02. The lowest BCUT2D eigenvalue weighted by Gasteiger charge is -2.17. The largest absolute Gasteiger partial charge is 0.453 e. The Hall–Kier alpha value is -2.71. The summed E-state index contributed by atoms with van der Waals surface area (Å²) in [7, 11) is 0. The maximum Gasteiger partial charge on any atom is 0.306 e. The van der Waals surface area contributed by atoms with Crippen LogP contribution in [-0.4, -0.2) is 43.6 Å². The number of nitrogens with zero attached hydrogens (tertiary/aromatic N) is 4. The fourth-order valence-electron chi connectivity index (χ4n) is 3.51. The molecule has 2 aromatic heterocycles. The van der Waals surface area contributed by atoms with Gasteiger partial charge in [0.1, 0.15) is 0 Å². The number of anilines is 1. The monoisotopic (exact) mass is 374 g/mol. The molecule has 3 rings (SSSR count). The second kappa shape index (κ2) is 7.89. The van der Waals surface area contributed by atoms with Gasteiger partial charge in [0.05, 0.1) is 0 Å². The van der Waals surface area contributed by atoms with Crippen molar-refractivity contribution in [3.63, 3.8) is 0 Å². The molecule has 0 aromatic carbocycles. The van der Waals surface area contributed by atoms with Crippen LogP contribution in [0.1, 0.15) is 56.0 Å². The molecule has 9 heteroatoms. The van der Waals surface area contributed by atoms with E-state index in [0.29, 0.717) is 12.2 Å². The van der Waals surface area contributed by atoms with E-state index >= 15 is 0 Å². The van der Waals surface area contributed by atoms with Crippen LogP contribution in [0.2, 0.25) is 0 Å². The van der Waals surface area contributed by atoms with Crippen molar-refractivity contribution < 1.29 is 14.3 Å². The predicted molar refractivity (Wildman–Crippen MR) is 98.9 cm³/mol. The zero-order valence-corrected chi connectivity index (χ0v) is 16.0. The molecule has 2 heterocycles. The molecule has 146 valence electrons. The van der Waals surface area contributed by atoms with Crippen LogP contribution in [0.5, 0.6) is 0 Å². The molecular weight excluding hydrogens is 348 g/mol. The molecule has 1 aliphatic rings. The molecule has 1 saturated carbocycles. The van der Waals surface area contributed by atoms with E-state index in [0.717, 1.165) is 42.6 Å². The zero-order chi connectivity index (χ0) is 19.6. The van der Waals surface area contributed by atoms with Crippen LogP contribution >= 0.6 is 0 Å². The molecule has 1 atom stereocenters. The van der Waals surface area contributed by atoms with Gasteiger partial charge in [-0.1, -0.05) is 12.8 Å². The van der Waals surface area contributed by atoms with Crippen LogP contribution in [0.25, 0.3) is 5.78 Å². The molecule has 0 saturated heterocycles. The lowest BCUT2D eigenvalue weighted by atomic mass is 10.1. The first-order valence-electron chi connectivity index (χ1n) is 9.33. The van der Waals surface area contributed by atoms with Crippen molar-refractivity contribution in [3.05, 3.63) is 17.0 Å². The van der Waals surface area contributed by atoms with Gasteiger partial charge in [-0.25, -0.2) is 4.98 Å². The number of ether oxygens (including phenoxy) is 1. The minimum atomic E-state index is -0.795. The van der Waals surface area contributed by atoms with Crippen molar-refractivity contribution in [2.24, 2.45) is 0 Å². The first kappa shape index (κ1) is 19.1. The summed E-state index contributed by atoms with van der Waals surface area (Å²) >= 11 is 0. The van der Waals surface area contributed by atoms with Crippen LogP contribution < -0.4 is 11.1 Å². The molecule has 1 aliphatic carbocycles. The van der Waals surface area contributed by atoms with Crippen molar-refractivity contribution in [2.75, 3.05) is 5.73 Å². The summed E-state index contributed by atoms with van der Waals surface area (Å²) in [5.74, 6) is -0.0560. The lowest BCUT2D eigenvalue weighted by Crippen LogP contribution is -2.40. The number of esters is 1. The average Bonchev–Trinajstić information content (AvgIpc) is 3.23. The third kappa shape index (κ3) is 4.35. The highest BCUT2D eigenvalue weighted by Gasteiger charge is 2.23. The molecule has 0 radical (unpaired) electrons. The molecule has 0 aliphatic heterocycles. The number of rotatable bonds is 6. The number of hydrogen-bond donors (Lipinski definition) is 2. The standard InChI is InChI=1S/C18H26N6O3/c1-10-14(11(2)24-18(20-10)22-17(19)23-24)8-9-15(25)27-12(3)16(26)21-13-6-4-5-7-13/h12-13H,4-9H2,1-3H3,(H2,19,23)(H,21,26). The van der Waals surface area contributed by atoms with Gasteiger partial charge in [0.25, 0.3) is 11.7 Å². The number of carbonyl (C=O) groups excluding carboxylic acids is 2.